The van der Waals surface area contributed by atoms with Crippen molar-refractivity contribution >= 4 is 9.84 Å². The fourth-order valence-corrected chi connectivity index (χ4v) is 1.75. The van der Waals surface area contributed by atoms with Crippen LogP contribution < -0.4 is 0 Å². The van der Waals surface area contributed by atoms with E-state index in [0.29, 0.717) is 19.4 Å². The zero-order valence-corrected chi connectivity index (χ0v) is 9.01. The molecule has 0 spiro atoms. The van der Waals surface area contributed by atoms with E-state index in [1.54, 1.807) is 0 Å². The van der Waals surface area contributed by atoms with Gasteiger partial charge in [0.2, 0.25) is 0 Å². The van der Waals surface area contributed by atoms with Crippen molar-refractivity contribution in [3.05, 3.63) is 0 Å². The molecular weight excluding hydrogens is 192 g/mol. The third-order valence-electron chi connectivity index (χ3n) is 1.66. The van der Waals surface area contributed by atoms with Crippen LogP contribution in [-0.4, -0.2) is 45.4 Å². The molecule has 0 saturated heterocycles. The first kappa shape index (κ1) is 12.9. The molecule has 1 N–H and O–H groups in total. The first-order valence-corrected chi connectivity index (χ1v) is 6.36. The van der Waals surface area contributed by atoms with E-state index in [9.17, 15) is 13.5 Å². The number of sulfone groups is 1. The molecule has 0 aliphatic heterocycles. The number of hydrogen-bond acceptors (Lipinski definition) is 4. The third-order valence-corrected chi connectivity index (χ3v) is 2.69. The molecule has 0 aliphatic rings. The largest absolute Gasteiger partial charge is 0.391 e. The van der Waals surface area contributed by atoms with Gasteiger partial charge in [-0.1, -0.05) is 0 Å². The molecule has 0 radical (unpaired) electrons. The molecule has 0 aromatic carbocycles. The summed E-state index contributed by atoms with van der Waals surface area (Å²) in [4.78, 5) is 0. The molecule has 4 nitrogen and oxygen atoms in total. The van der Waals surface area contributed by atoms with Crippen LogP contribution in [0.1, 0.15) is 19.3 Å². The second-order valence-electron chi connectivity index (χ2n) is 3.23. The summed E-state index contributed by atoms with van der Waals surface area (Å²) in [7, 11) is -1.32. The van der Waals surface area contributed by atoms with E-state index in [1.807, 2.05) is 0 Å². The predicted molar refractivity (Wildman–Crippen MR) is 51.4 cm³/mol. The smallest absolute Gasteiger partial charge is 0.147 e. The van der Waals surface area contributed by atoms with E-state index in [0.717, 1.165) is 6.42 Å². The highest BCUT2D eigenvalue weighted by Gasteiger charge is 2.05. The fraction of sp³-hybridized carbons (Fsp3) is 1.00. The summed E-state index contributed by atoms with van der Waals surface area (Å²) in [6, 6.07) is 0. The summed E-state index contributed by atoms with van der Waals surface area (Å²) < 4.78 is 26.2. The second kappa shape index (κ2) is 6.34. The Morgan fingerprint density at radius 1 is 1.38 bits per heavy atom. The van der Waals surface area contributed by atoms with Crippen molar-refractivity contribution in [2.24, 2.45) is 0 Å². The monoisotopic (exact) mass is 210 g/mol. The number of aliphatic hydroxyl groups is 1. The SMILES string of the molecule is COCC(O)CCCCS(C)(=O)=O. The number of aliphatic hydroxyl groups excluding tert-OH is 1. The predicted octanol–water partition coefficient (Wildman–Crippen LogP) is 0.209. The van der Waals surface area contributed by atoms with Crippen molar-refractivity contribution in [2.75, 3.05) is 25.7 Å². The van der Waals surface area contributed by atoms with Gasteiger partial charge in [-0.15, -0.1) is 0 Å². The van der Waals surface area contributed by atoms with Crippen LogP contribution in [0.3, 0.4) is 0 Å². The third kappa shape index (κ3) is 9.79. The van der Waals surface area contributed by atoms with Crippen molar-refractivity contribution < 1.29 is 18.3 Å². The van der Waals surface area contributed by atoms with Crippen LogP contribution in [-0.2, 0) is 14.6 Å². The van der Waals surface area contributed by atoms with Gasteiger partial charge in [-0.3, -0.25) is 0 Å². The topological polar surface area (TPSA) is 63.6 Å². The minimum Gasteiger partial charge on any atom is -0.391 e. The Morgan fingerprint density at radius 2 is 2.00 bits per heavy atom. The average Bonchev–Trinajstić information content (AvgIpc) is 1.97. The first-order valence-electron chi connectivity index (χ1n) is 4.30. The van der Waals surface area contributed by atoms with Crippen LogP contribution in [0.2, 0.25) is 0 Å². The van der Waals surface area contributed by atoms with Gasteiger partial charge in [0.05, 0.1) is 12.7 Å². The summed E-state index contributed by atoms with van der Waals surface area (Å²) >= 11 is 0. The summed E-state index contributed by atoms with van der Waals surface area (Å²) in [5.74, 6) is 0.201. The Bertz CT molecular complexity index is 210. The minimum atomic E-state index is -2.85. The summed E-state index contributed by atoms with van der Waals surface area (Å²) in [5, 5.41) is 9.20. The molecule has 0 fully saturated rings. The van der Waals surface area contributed by atoms with Gasteiger partial charge in [-0.25, -0.2) is 8.42 Å². The molecule has 1 atom stereocenters. The van der Waals surface area contributed by atoms with Crippen molar-refractivity contribution in [1.82, 2.24) is 0 Å². The van der Waals surface area contributed by atoms with E-state index in [2.05, 4.69) is 0 Å². The summed E-state index contributed by atoms with van der Waals surface area (Å²) in [5.41, 5.74) is 0. The van der Waals surface area contributed by atoms with Crippen molar-refractivity contribution in [3.63, 3.8) is 0 Å². The number of methoxy groups -OCH3 is 1. The van der Waals surface area contributed by atoms with Crippen molar-refractivity contribution in [3.8, 4) is 0 Å². The maximum absolute atomic E-state index is 10.7. The Kier molecular flexibility index (Phi) is 6.28. The van der Waals surface area contributed by atoms with Gasteiger partial charge in [0, 0.05) is 19.1 Å². The Hall–Kier alpha value is -0.130. The van der Waals surface area contributed by atoms with Gasteiger partial charge in [-0.2, -0.15) is 0 Å². The van der Waals surface area contributed by atoms with Gasteiger partial charge in [0.1, 0.15) is 9.84 Å². The van der Waals surface area contributed by atoms with E-state index in [1.165, 1.54) is 13.4 Å². The van der Waals surface area contributed by atoms with Crippen LogP contribution >= 0.6 is 0 Å². The zero-order chi connectivity index (χ0) is 10.3. The van der Waals surface area contributed by atoms with E-state index in [4.69, 9.17) is 4.74 Å². The highest BCUT2D eigenvalue weighted by Crippen LogP contribution is 2.02. The molecule has 0 amide bonds. The lowest BCUT2D eigenvalue weighted by molar-refractivity contribution is 0.0579. The average molecular weight is 210 g/mol. The lowest BCUT2D eigenvalue weighted by Gasteiger charge is -2.07. The van der Waals surface area contributed by atoms with Crippen LogP contribution in [0.25, 0.3) is 0 Å². The zero-order valence-electron chi connectivity index (χ0n) is 8.19. The van der Waals surface area contributed by atoms with Crippen LogP contribution in [0.4, 0.5) is 0 Å². The molecule has 5 heteroatoms. The number of ether oxygens (including phenoxy) is 1. The molecule has 1 unspecified atom stereocenters. The van der Waals surface area contributed by atoms with Crippen LogP contribution in [0, 0.1) is 0 Å². The lowest BCUT2D eigenvalue weighted by Crippen LogP contribution is -2.14. The number of rotatable bonds is 7. The van der Waals surface area contributed by atoms with Gasteiger partial charge in [0.15, 0.2) is 0 Å². The standard InChI is InChI=1S/C8H18O4S/c1-12-7-8(9)5-3-4-6-13(2,10)11/h8-9H,3-7H2,1-2H3. The molecular formula is C8H18O4S. The summed E-state index contributed by atoms with van der Waals surface area (Å²) in [6.45, 7) is 0.318. The minimum absolute atomic E-state index is 0.201. The molecule has 0 saturated carbocycles. The van der Waals surface area contributed by atoms with Gasteiger partial charge in [-0.05, 0) is 19.3 Å². The fourth-order valence-electron chi connectivity index (χ4n) is 1.02. The molecule has 0 heterocycles. The maximum Gasteiger partial charge on any atom is 0.147 e. The molecule has 80 valence electrons. The Morgan fingerprint density at radius 3 is 2.46 bits per heavy atom. The molecule has 0 aliphatic carbocycles. The Labute approximate surface area is 79.8 Å². The quantitative estimate of drug-likeness (QED) is 0.610. The molecule has 0 bridgehead atoms. The van der Waals surface area contributed by atoms with E-state index >= 15 is 0 Å². The number of hydrogen-bond donors (Lipinski definition) is 1. The molecule has 0 aromatic rings. The molecule has 0 aromatic heterocycles. The second-order valence-corrected chi connectivity index (χ2v) is 5.49. The molecule has 13 heavy (non-hydrogen) atoms. The van der Waals surface area contributed by atoms with Crippen molar-refractivity contribution in [1.29, 1.82) is 0 Å². The van der Waals surface area contributed by atoms with Gasteiger partial charge < -0.3 is 9.84 Å². The normalized spacial score (nSPS) is 14.4. The van der Waals surface area contributed by atoms with Crippen LogP contribution in [0.5, 0.6) is 0 Å². The lowest BCUT2D eigenvalue weighted by atomic mass is 10.2. The van der Waals surface area contributed by atoms with E-state index < -0.39 is 15.9 Å². The maximum atomic E-state index is 10.7. The Balaban J connectivity index is 3.36. The van der Waals surface area contributed by atoms with Gasteiger partial charge >= 0.3 is 0 Å². The molecule has 0 rings (SSSR count). The van der Waals surface area contributed by atoms with Crippen LogP contribution in [0.15, 0.2) is 0 Å². The first-order chi connectivity index (χ1) is 5.95. The van der Waals surface area contributed by atoms with E-state index in [-0.39, 0.29) is 5.75 Å². The highest BCUT2D eigenvalue weighted by atomic mass is 32.2. The van der Waals surface area contributed by atoms with Gasteiger partial charge in [0.25, 0.3) is 0 Å². The summed E-state index contributed by atoms with van der Waals surface area (Å²) in [6.07, 6.45) is 2.68. The highest BCUT2D eigenvalue weighted by molar-refractivity contribution is 7.90. The van der Waals surface area contributed by atoms with Crippen molar-refractivity contribution in [2.45, 2.75) is 25.4 Å². The number of unbranched alkanes of at least 4 members (excludes halogenated alkanes) is 1.